The van der Waals surface area contributed by atoms with Crippen molar-refractivity contribution in [1.82, 2.24) is 18.9 Å². The molecule has 1 saturated heterocycles. The van der Waals surface area contributed by atoms with Crippen LogP contribution in [0.3, 0.4) is 0 Å². The van der Waals surface area contributed by atoms with Gasteiger partial charge in [-0.3, -0.25) is 4.79 Å². The van der Waals surface area contributed by atoms with Crippen molar-refractivity contribution in [3.63, 3.8) is 0 Å². The van der Waals surface area contributed by atoms with Crippen LogP contribution < -0.4 is 5.73 Å². The number of aryl methyl sites for hydroxylation is 1. The fourth-order valence-corrected chi connectivity index (χ4v) is 5.62. The van der Waals surface area contributed by atoms with Gasteiger partial charge in [-0.2, -0.15) is 0 Å². The smallest absolute Gasteiger partial charge is 0.254 e. The lowest BCUT2D eigenvalue weighted by atomic mass is 10.1. The normalized spacial score (nSPS) is 16.1. The summed E-state index contributed by atoms with van der Waals surface area (Å²) < 4.78 is 17.7. The van der Waals surface area contributed by atoms with Gasteiger partial charge in [0.1, 0.15) is 17.2 Å². The summed E-state index contributed by atoms with van der Waals surface area (Å²) in [5.74, 6) is -0.287. The molecule has 37 heavy (non-hydrogen) atoms. The van der Waals surface area contributed by atoms with Gasteiger partial charge in [-0.05, 0) is 61.7 Å². The highest BCUT2D eigenvalue weighted by Crippen LogP contribution is 2.34. The lowest BCUT2D eigenvalue weighted by molar-refractivity contribution is 0.0709. The highest BCUT2D eigenvalue weighted by molar-refractivity contribution is 6.35. The first kappa shape index (κ1) is 23.7. The Morgan fingerprint density at radius 1 is 1.16 bits per heavy atom. The van der Waals surface area contributed by atoms with E-state index >= 15 is 0 Å². The standard InChI is InChI=1S/C29H27ClFN5O/c1-18-27(33-26-15-21(11-13-35(18)26)29(37)34-12-3-5-23(32)17-34)25-14-20-4-2-6-24(30)28(20)36(25)16-19-7-9-22(31)10-8-19/h2,4,6-11,13-15,23H,3,5,12,16-17,32H2,1H3/t23-/m1/s1. The van der Waals surface area contributed by atoms with Crippen molar-refractivity contribution in [3.8, 4) is 11.4 Å². The minimum atomic E-state index is -0.271. The predicted molar refractivity (Wildman–Crippen MR) is 144 cm³/mol. The summed E-state index contributed by atoms with van der Waals surface area (Å²) in [5, 5.41) is 1.64. The summed E-state index contributed by atoms with van der Waals surface area (Å²) >= 11 is 6.66. The average Bonchev–Trinajstić information content (AvgIpc) is 3.42. The van der Waals surface area contributed by atoms with Crippen LogP contribution in [0.2, 0.25) is 5.02 Å². The van der Waals surface area contributed by atoms with Crippen LogP contribution in [0.15, 0.2) is 66.9 Å². The molecule has 0 unspecified atom stereocenters. The Morgan fingerprint density at radius 3 is 2.76 bits per heavy atom. The maximum Gasteiger partial charge on any atom is 0.254 e. The number of hydrogen-bond donors (Lipinski definition) is 1. The number of hydrogen-bond acceptors (Lipinski definition) is 3. The summed E-state index contributed by atoms with van der Waals surface area (Å²) in [5.41, 5.74) is 11.9. The van der Waals surface area contributed by atoms with Crippen molar-refractivity contribution in [1.29, 1.82) is 0 Å². The van der Waals surface area contributed by atoms with Gasteiger partial charge >= 0.3 is 0 Å². The van der Waals surface area contributed by atoms with Gasteiger partial charge in [0.05, 0.1) is 16.2 Å². The van der Waals surface area contributed by atoms with E-state index < -0.39 is 0 Å². The van der Waals surface area contributed by atoms with E-state index in [4.69, 9.17) is 22.3 Å². The van der Waals surface area contributed by atoms with Crippen molar-refractivity contribution in [2.45, 2.75) is 32.4 Å². The predicted octanol–water partition coefficient (Wildman–Crippen LogP) is 5.67. The largest absolute Gasteiger partial charge is 0.337 e. The van der Waals surface area contributed by atoms with Crippen molar-refractivity contribution in [2.24, 2.45) is 5.73 Å². The van der Waals surface area contributed by atoms with Crippen molar-refractivity contribution in [2.75, 3.05) is 13.1 Å². The van der Waals surface area contributed by atoms with E-state index in [0.29, 0.717) is 29.3 Å². The zero-order chi connectivity index (χ0) is 25.7. The zero-order valence-electron chi connectivity index (χ0n) is 20.5. The molecule has 3 aromatic heterocycles. The van der Waals surface area contributed by atoms with E-state index in [2.05, 4.69) is 10.6 Å². The molecule has 0 bridgehead atoms. The molecule has 0 aliphatic carbocycles. The Balaban J connectivity index is 1.45. The van der Waals surface area contributed by atoms with Gasteiger partial charge in [0.2, 0.25) is 0 Å². The number of carbonyl (C=O) groups excluding carboxylic acids is 1. The molecule has 1 aliphatic heterocycles. The number of benzene rings is 2. The number of rotatable bonds is 4. The van der Waals surface area contributed by atoms with Crippen LogP contribution in [-0.4, -0.2) is 43.9 Å². The number of nitrogens with zero attached hydrogens (tertiary/aromatic N) is 4. The fourth-order valence-electron chi connectivity index (χ4n) is 5.33. The van der Waals surface area contributed by atoms with Crippen LogP contribution in [0, 0.1) is 12.7 Å². The lowest BCUT2D eigenvalue weighted by Gasteiger charge is -2.30. The highest BCUT2D eigenvalue weighted by Gasteiger charge is 2.24. The maximum absolute atomic E-state index is 13.6. The molecular weight excluding hydrogens is 489 g/mol. The van der Waals surface area contributed by atoms with Crippen molar-refractivity contribution >= 4 is 34.1 Å². The molecule has 6 nitrogen and oxygen atoms in total. The number of halogens is 2. The van der Waals surface area contributed by atoms with Gasteiger partial charge in [0, 0.05) is 48.5 Å². The number of nitrogens with two attached hydrogens (primary N) is 1. The summed E-state index contributed by atoms with van der Waals surface area (Å²) in [4.78, 5) is 20.0. The second-order valence-corrected chi connectivity index (χ2v) is 10.2. The molecule has 188 valence electrons. The van der Waals surface area contributed by atoms with Crippen LogP contribution in [0.25, 0.3) is 27.9 Å². The van der Waals surface area contributed by atoms with Gasteiger partial charge < -0.3 is 19.6 Å². The third kappa shape index (κ3) is 4.28. The summed E-state index contributed by atoms with van der Waals surface area (Å²) in [6, 6.07) is 18.1. The molecular formula is C29H27ClFN5O. The first-order valence-corrected chi connectivity index (χ1v) is 12.8. The molecule has 2 aromatic carbocycles. The molecule has 1 amide bonds. The lowest BCUT2D eigenvalue weighted by Crippen LogP contribution is -2.45. The molecule has 4 heterocycles. The number of pyridine rings is 1. The van der Waals surface area contributed by atoms with Gasteiger partial charge in [-0.1, -0.05) is 35.9 Å². The minimum absolute atomic E-state index is 0.0166. The first-order valence-electron chi connectivity index (χ1n) is 12.4. The Labute approximate surface area is 219 Å². The number of para-hydroxylation sites is 1. The Bertz CT molecular complexity index is 1640. The van der Waals surface area contributed by atoms with Gasteiger partial charge in [-0.15, -0.1) is 0 Å². The number of piperidine rings is 1. The number of likely N-dealkylation sites (tertiary alicyclic amines) is 1. The Kier molecular flexibility index (Phi) is 5.97. The highest BCUT2D eigenvalue weighted by atomic mass is 35.5. The van der Waals surface area contributed by atoms with E-state index in [-0.39, 0.29) is 17.8 Å². The zero-order valence-corrected chi connectivity index (χ0v) is 21.3. The summed E-state index contributed by atoms with van der Waals surface area (Å²) in [6.07, 6.45) is 3.77. The molecule has 1 aliphatic rings. The van der Waals surface area contributed by atoms with Crippen molar-refractivity contribution in [3.05, 3.63) is 94.5 Å². The number of imidazole rings is 1. The number of amides is 1. The molecule has 6 rings (SSSR count). The first-order chi connectivity index (χ1) is 17.9. The molecule has 0 radical (unpaired) electrons. The number of carbonyl (C=O) groups is 1. The van der Waals surface area contributed by atoms with Crippen LogP contribution in [0.4, 0.5) is 4.39 Å². The van der Waals surface area contributed by atoms with Crippen LogP contribution in [0.5, 0.6) is 0 Å². The summed E-state index contributed by atoms with van der Waals surface area (Å²) in [7, 11) is 0. The van der Waals surface area contributed by atoms with E-state index in [0.717, 1.165) is 52.9 Å². The van der Waals surface area contributed by atoms with Crippen molar-refractivity contribution < 1.29 is 9.18 Å². The minimum Gasteiger partial charge on any atom is -0.337 e. The fraction of sp³-hybridized carbons (Fsp3) is 0.241. The SMILES string of the molecule is Cc1c(-c2cc3cccc(Cl)c3n2Cc2ccc(F)cc2)nc2cc(C(=O)N3CCC[C@@H](N)C3)ccn12. The van der Waals surface area contributed by atoms with Crippen LogP contribution in [-0.2, 0) is 6.54 Å². The van der Waals surface area contributed by atoms with Gasteiger partial charge in [0.15, 0.2) is 0 Å². The van der Waals surface area contributed by atoms with E-state index in [1.807, 2.05) is 52.8 Å². The molecule has 2 N–H and O–H groups in total. The van der Waals surface area contributed by atoms with Crippen LogP contribution in [0.1, 0.15) is 34.5 Å². The number of aromatic nitrogens is 3. The van der Waals surface area contributed by atoms with E-state index in [9.17, 15) is 9.18 Å². The van der Waals surface area contributed by atoms with Crippen LogP contribution >= 0.6 is 11.6 Å². The second-order valence-electron chi connectivity index (χ2n) is 9.76. The molecule has 0 spiro atoms. The molecule has 0 saturated carbocycles. The van der Waals surface area contributed by atoms with E-state index in [1.54, 1.807) is 12.1 Å². The Morgan fingerprint density at radius 2 is 1.97 bits per heavy atom. The topological polar surface area (TPSA) is 68.6 Å². The maximum atomic E-state index is 13.6. The van der Waals surface area contributed by atoms with Gasteiger partial charge in [-0.25, -0.2) is 9.37 Å². The number of fused-ring (bicyclic) bond motifs is 2. The average molecular weight is 516 g/mol. The van der Waals surface area contributed by atoms with Gasteiger partial charge in [0.25, 0.3) is 5.91 Å². The third-order valence-electron chi connectivity index (χ3n) is 7.22. The third-order valence-corrected chi connectivity index (χ3v) is 7.53. The monoisotopic (exact) mass is 515 g/mol. The Hall–Kier alpha value is -3.68. The second kappa shape index (κ2) is 9.32. The molecule has 8 heteroatoms. The molecule has 5 aromatic rings. The quantitative estimate of drug-likeness (QED) is 0.335. The van der Waals surface area contributed by atoms with E-state index in [1.165, 1.54) is 12.1 Å². The molecule has 1 fully saturated rings. The molecule has 1 atom stereocenters. The summed E-state index contributed by atoms with van der Waals surface area (Å²) in [6.45, 7) is 3.82.